The van der Waals surface area contributed by atoms with Gasteiger partial charge in [0.15, 0.2) is 0 Å². The number of nitrogens with one attached hydrogen (secondary N) is 1. The van der Waals surface area contributed by atoms with Crippen LogP contribution in [0.5, 0.6) is 0 Å². The Labute approximate surface area is 140 Å². The van der Waals surface area contributed by atoms with Gasteiger partial charge in [-0.25, -0.2) is 14.4 Å². The largest absolute Gasteiger partial charge is 0.465 e. The lowest BCUT2D eigenvalue weighted by molar-refractivity contribution is -0.139. The summed E-state index contributed by atoms with van der Waals surface area (Å²) in [6.45, 7) is 3.65. The fraction of sp³-hybridized carbons (Fsp3) is 0.353. The van der Waals surface area contributed by atoms with Gasteiger partial charge in [0.25, 0.3) is 0 Å². The molecule has 0 radical (unpaired) electrons. The highest BCUT2D eigenvalue weighted by Crippen LogP contribution is 2.30. The fourth-order valence-electron chi connectivity index (χ4n) is 2.49. The molecule has 0 bridgehead atoms. The molecule has 1 N–H and O–H groups in total. The van der Waals surface area contributed by atoms with E-state index in [-0.39, 0.29) is 12.6 Å². The molecule has 0 unspecified atom stereocenters. The predicted octanol–water partition coefficient (Wildman–Crippen LogP) is 2.01. The number of carbonyl (C=O) groups is 3. The van der Waals surface area contributed by atoms with Crippen molar-refractivity contribution < 1.29 is 23.9 Å². The van der Waals surface area contributed by atoms with Gasteiger partial charge in [-0.1, -0.05) is 12.1 Å². The van der Waals surface area contributed by atoms with Crippen LogP contribution in [0.3, 0.4) is 0 Å². The molecule has 1 atom stereocenters. The molecule has 0 spiro atoms. The van der Waals surface area contributed by atoms with Crippen LogP contribution < -0.4 is 5.32 Å². The van der Waals surface area contributed by atoms with Crippen LogP contribution in [0, 0.1) is 0 Å². The first kappa shape index (κ1) is 17.5. The Hall–Kier alpha value is -2.83. The smallest absolute Gasteiger partial charge is 0.338 e. The standard InChI is InChI=1S/C17H20N2O5/c1-5-24-16(21)13-10(2)19(3)17(22)18-14(13)11-6-8-12(9-7-11)15(20)23-4/h6-9,14H,5H2,1-4H3,(H,18,22)/t14-/m1/s1. The molecular formula is C17H20N2O5. The Balaban J connectivity index is 2.43. The Kier molecular flexibility index (Phi) is 5.23. The summed E-state index contributed by atoms with van der Waals surface area (Å²) in [5, 5.41) is 2.78. The highest BCUT2D eigenvalue weighted by molar-refractivity contribution is 5.95. The zero-order valence-electron chi connectivity index (χ0n) is 14.1. The maximum atomic E-state index is 12.3. The summed E-state index contributed by atoms with van der Waals surface area (Å²) in [6, 6.07) is 5.57. The average molecular weight is 332 g/mol. The number of methoxy groups -OCH3 is 1. The molecule has 0 aromatic heterocycles. The molecule has 2 amide bonds. The van der Waals surface area contributed by atoms with Gasteiger partial charge in [-0.3, -0.25) is 0 Å². The Bertz CT molecular complexity index is 693. The minimum Gasteiger partial charge on any atom is -0.465 e. The average Bonchev–Trinajstić information content (AvgIpc) is 2.59. The van der Waals surface area contributed by atoms with E-state index in [1.807, 2.05) is 0 Å². The number of urea groups is 1. The van der Waals surface area contributed by atoms with E-state index in [4.69, 9.17) is 4.74 Å². The van der Waals surface area contributed by atoms with Crippen molar-refractivity contribution in [2.45, 2.75) is 19.9 Å². The molecule has 1 heterocycles. The molecule has 7 nitrogen and oxygen atoms in total. The van der Waals surface area contributed by atoms with Crippen LogP contribution in [0.25, 0.3) is 0 Å². The zero-order valence-corrected chi connectivity index (χ0v) is 14.1. The zero-order chi connectivity index (χ0) is 17.9. The lowest BCUT2D eigenvalue weighted by Crippen LogP contribution is -2.46. The van der Waals surface area contributed by atoms with E-state index in [0.29, 0.717) is 22.4 Å². The Morgan fingerprint density at radius 2 is 1.83 bits per heavy atom. The molecule has 0 saturated carbocycles. The summed E-state index contributed by atoms with van der Waals surface area (Å²) in [6.07, 6.45) is 0. The predicted molar refractivity (Wildman–Crippen MR) is 86.2 cm³/mol. The molecule has 1 aromatic rings. The van der Waals surface area contributed by atoms with Gasteiger partial charge in [0.1, 0.15) is 0 Å². The maximum Gasteiger partial charge on any atom is 0.338 e. The van der Waals surface area contributed by atoms with Crippen LogP contribution in [0.15, 0.2) is 35.5 Å². The highest BCUT2D eigenvalue weighted by atomic mass is 16.5. The van der Waals surface area contributed by atoms with Gasteiger partial charge in [0, 0.05) is 12.7 Å². The monoisotopic (exact) mass is 332 g/mol. The molecule has 2 rings (SSSR count). The summed E-state index contributed by atoms with van der Waals surface area (Å²) >= 11 is 0. The summed E-state index contributed by atoms with van der Waals surface area (Å²) in [5.41, 5.74) is 1.95. The number of benzene rings is 1. The lowest BCUT2D eigenvalue weighted by Gasteiger charge is -2.33. The van der Waals surface area contributed by atoms with Gasteiger partial charge in [-0.15, -0.1) is 0 Å². The molecule has 0 aliphatic carbocycles. The van der Waals surface area contributed by atoms with Gasteiger partial charge < -0.3 is 19.7 Å². The first-order chi connectivity index (χ1) is 11.4. The topological polar surface area (TPSA) is 84.9 Å². The molecule has 1 aliphatic heterocycles. The van der Waals surface area contributed by atoms with Crippen LogP contribution in [-0.2, 0) is 14.3 Å². The van der Waals surface area contributed by atoms with E-state index in [9.17, 15) is 14.4 Å². The van der Waals surface area contributed by atoms with Crippen molar-refractivity contribution in [3.63, 3.8) is 0 Å². The second kappa shape index (κ2) is 7.16. The second-order valence-corrected chi connectivity index (χ2v) is 5.27. The van der Waals surface area contributed by atoms with Crippen molar-refractivity contribution in [1.82, 2.24) is 10.2 Å². The summed E-state index contributed by atoms with van der Waals surface area (Å²) < 4.78 is 9.78. The molecule has 0 fully saturated rings. The van der Waals surface area contributed by atoms with E-state index < -0.39 is 18.0 Å². The number of nitrogens with zero attached hydrogens (tertiary/aromatic N) is 1. The quantitative estimate of drug-likeness (QED) is 0.853. The third kappa shape index (κ3) is 3.24. The lowest BCUT2D eigenvalue weighted by atomic mass is 9.94. The van der Waals surface area contributed by atoms with E-state index in [0.717, 1.165) is 0 Å². The number of hydrogen-bond donors (Lipinski definition) is 1. The molecule has 1 aromatic carbocycles. The minimum absolute atomic E-state index is 0.237. The minimum atomic E-state index is -0.639. The van der Waals surface area contributed by atoms with Gasteiger partial charge >= 0.3 is 18.0 Å². The normalized spacial score (nSPS) is 17.4. The molecule has 128 valence electrons. The van der Waals surface area contributed by atoms with Crippen molar-refractivity contribution in [2.75, 3.05) is 20.8 Å². The van der Waals surface area contributed by atoms with Crippen molar-refractivity contribution in [3.05, 3.63) is 46.7 Å². The molecule has 7 heteroatoms. The third-order valence-corrected chi connectivity index (χ3v) is 3.91. The van der Waals surface area contributed by atoms with Crippen LogP contribution in [0.4, 0.5) is 4.79 Å². The van der Waals surface area contributed by atoms with E-state index in [1.54, 1.807) is 45.2 Å². The first-order valence-electron chi connectivity index (χ1n) is 7.51. The van der Waals surface area contributed by atoms with E-state index in [1.165, 1.54) is 12.0 Å². The summed E-state index contributed by atoms with van der Waals surface area (Å²) in [4.78, 5) is 37.3. The Morgan fingerprint density at radius 3 is 2.38 bits per heavy atom. The number of allylic oxidation sites excluding steroid dienone is 1. The number of esters is 2. The van der Waals surface area contributed by atoms with E-state index in [2.05, 4.69) is 10.1 Å². The highest BCUT2D eigenvalue weighted by Gasteiger charge is 2.34. The number of ether oxygens (including phenoxy) is 2. The van der Waals surface area contributed by atoms with Crippen molar-refractivity contribution in [3.8, 4) is 0 Å². The number of hydrogen-bond acceptors (Lipinski definition) is 5. The molecule has 1 aliphatic rings. The summed E-state index contributed by atoms with van der Waals surface area (Å²) in [5.74, 6) is -0.935. The van der Waals surface area contributed by atoms with Crippen LogP contribution in [-0.4, -0.2) is 43.6 Å². The Morgan fingerprint density at radius 1 is 1.21 bits per heavy atom. The fourth-order valence-corrected chi connectivity index (χ4v) is 2.49. The second-order valence-electron chi connectivity index (χ2n) is 5.27. The molecule has 24 heavy (non-hydrogen) atoms. The van der Waals surface area contributed by atoms with Gasteiger partial charge in [-0.2, -0.15) is 0 Å². The molecular weight excluding hydrogens is 312 g/mol. The maximum absolute atomic E-state index is 12.3. The van der Waals surface area contributed by atoms with Crippen LogP contribution >= 0.6 is 0 Å². The van der Waals surface area contributed by atoms with Crippen molar-refractivity contribution >= 4 is 18.0 Å². The van der Waals surface area contributed by atoms with Crippen molar-refractivity contribution in [2.24, 2.45) is 0 Å². The van der Waals surface area contributed by atoms with E-state index >= 15 is 0 Å². The molecule has 0 saturated heterocycles. The van der Waals surface area contributed by atoms with Gasteiger partial charge in [-0.05, 0) is 31.5 Å². The SMILES string of the molecule is CCOC(=O)C1=C(C)N(C)C(=O)N[C@@H]1c1ccc(C(=O)OC)cc1. The number of rotatable bonds is 4. The first-order valence-corrected chi connectivity index (χ1v) is 7.51. The van der Waals surface area contributed by atoms with Crippen LogP contribution in [0.1, 0.15) is 35.8 Å². The summed E-state index contributed by atoms with van der Waals surface area (Å²) in [7, 11) is 2.89. The van der Waals surface area contributed by atoms with Gasteiger partial charge in [0.05, 0.1) is 30.9 Å². The third-order valence-electron chi connectivity index (χ3n) is 3.91. The number of carbonyl (C=O) groups excluding carboxylic acids is 3. The van der Waals surface area contributed by atoms with Crippen LogP contribution in [0.2, 0.25) is 0 Å². The number of amides is 2. The van der Waals surface area contributed by atoms with Gasteiger partial charge in [0.2, 0.25) is 0 Å². The van der Waals surface area contributed by atoms with Crippen molar-refractivity contribution in [1.29, 1.82) is 0 Å².